The summed E-state index contributed by atoms with van der Waals surface area (Å²) in [6, 6.07) is 4.45. The first-order chi connectivity index (χ1) is 12.0. The van der Waals surface area contributed by atoms with Gasteiger partial charge in [0.15, 0.2) is 11.6 Å². The van der Waals surface area contributed by atoms with Crippen molar-refractivity contribution in [1.82, 2.24) is 15.3 Å². The summed E-state index contributed by atoms with van der Waals surface area (Å²) in [4.78, 5) is 20.2. The molecular formula is C16H20F2N6O. The minimum Gasteiger partial charge on any atom is -0.370 e. The van der Waals surface area contributed by atoms with E-state index in [0.717, 1.165) is 30.2 Å². The van der Waals surface area contributed by atoms with E-state index in [4.69, 9.17) is 0 Å². The van der Waals surface area contributed by atoms with Gasteiger partial charge in [0.2, 0.25) is 5.95 Å². The summed E-state index contributed by atoms with van der Waals surface area (Å²) < 4.78 is 25.9. The van der Waals surface area contributed by atoms with Crippen molar-refractivity contribution < 1.29 is 13.6 Å². The number of rotatable bonds is 7. The van der Waals surface area contributed by atoms with Gasteiger partial charge in [-0.05, 0) is 26.0 Å². The van der Waals surface area contributed by atoms with E-state index in [1.807, 2.05) is 19.9 Å². The lowest BCUT2D eigenvalue weighted by Crippen LogP contribution is -2.32. The zero-order valence-electron chi connectivity index (χ0n) is 14.0. The molecule has 25 heavy (non-hydrogen) atoms. The van der Waals surface area contributed by atoms with E-state index in [1.165, 1.54) is 6.07 Å². The van der Waals surface area contributed by atoms with Crippen LogP contribution in [0.4, 0.5) is 31.0 Å². The molecule has 0 unspecified atom stereocenters. The highest BCUT2D eigenvalue weighted by atomic mass is 19.2. The Morgan fingerprint density at radius 3 is 2.60 bits per heavy atom. The second kappa shape index (κ2) is 8.76. The van der Waals surface area contributed by atoms with Crippen molar-refractivity contribution in [3.8, 4) is 0 Å². The number of hydrogen-bond acceptors (Lipinski definition) is 5. The van der Waals surface area contributed by atoms with E-state index in [2.05, 4.69) is 31.2 Å². The average Bonchev–Trinajstić information content (AvgIpc) is 2.55. The van der Waals surface area contributed by atoms with Gasteiger partial charge in [0.05, 0.1) is 0 Å². The number of carbonyl (C=O) groups excluding carboxylic acids is 1. The molecule has 2 amide bonds. The predicted molar refractivity (Wildman–Crippen MR) is 92.8 cm³/mol. The van der Waals surface area contributed by atoms with Gasteiger partial charge >= 0.3 is 6.03 Å². The molecule has 0 atom stereocenters. The van der Waals surface area contributed by atoms with E-state index >= 15 is 0 Å². The maximum atomic E-state index is 13.1. The first-order valence-electron chi connectivity index (χ1n) is 7.81. The van der Waals surface area contributed by atoms with E-state index in [-0.39, 0.29) is 5.69 Å². The molecule has 0 saturated heterocycles. The summed E-state index contributed by atoms with van der Waals surface area (Å²) in [5.74, 6) is -0.807. The van der Waals surface area contributed by atoms with Crippen molar-refractivity contribution in [2.45, 2.75) is 13.8 Å². The topological polar surface area (TPSA) is 91.0 Å². The normalized spacial score (nSPS) is 10.2. The number of aromatic nitrogens is 2. The Morgan fingerprint density at radius 1 is 1.08 bits per heavy atom. The van der Waals surface area contributed by atoms with E-state index < -0.39 is 17.7 Å². The van der Waals surface area contributed by atoms with Gasteiger partial charge in [0.1, 0.15) is 5.82 Å². The fourth-order valence-corrected chi connectivity index (χ4v) is 2.02. The first kappa shape index (κ1) is 18.4. The maximum Gasteiger partial charge on any atom is 0.319 e. The second-order valence-electron chi connectivity index (χ2n) is 5.19. The van der Waals surface area contributed by atoms with Crippen LogP contribution in [0.15, 0.2) is 24.3 Å². The third-order valence-electron chi connectivity index (χ3n) is 3.08. The van der Waals surface area contributed by atoms with Crippen LogP contribution >= 0.6 is 0 Å². The minimum atomic E-state index is -1.02. The Bertz CT molecular complexity index is 741. The van der Waals surface area contributed by atoms with Gasteiger partial charge in [-0.15, -0.1) is 0 Å². The zero-order valence-corrected chi connectivity index (χ0v) is 14.0. The Morgan fingerprint density at radius 2 is 1.88 bits per heavy atom. The van der Waals surface area contributed by atoms with Crippen LogP contribution in [-0.2, 0) is 0 Å². The monoisotopic (exact) mass is 350 g/mol. The number of aryl methyl sites for hydroxylation is 1. The molecule has 4 N–H and O–H groups in total. The number of anilines is 3. The van der Waals surface area contributed by atoms with Crippen molar-refractivity contribution in [3.63, 3.8) is 0 Å². The van der Waals surface area contributed by atoms with Crippen molar-refractivity contribution in [1.29, 1.82) is 0 Å². The van der Waals surface area contributed by atoms with Crippen LogP contribution in [0, 0.1) is 18.6 Å². The van der Waals surface area contributed by atoms with Crippen LogP contribution in [0.25, 0.3) is 0 Å². The molecule has 0 aliphatic heterocycles. The van der Waals surface area contributed by atoms with Crippen molar-refractivity contribution in [3.05, 3.63) is 41.6 Å². The fraction of sp³-hybridized carbons (Fsp3) is 0.312. The van der Waals surface area contributed by atoms with Crippen LogP contribution in [-0.4, -0.2) is 35.6 Å². The highest BCUT2D eigenvalue weighted by Crippen LogP contribution is 2.12. The van der Waals surface area contributed by atoms with Gasteiger partial charge in [-0.3, -0.25) is 0 Å². The quantitative estimate of drug-likeness (QED) is 0.577. The molecule has 0 radical (unpaired) electrons. The van der Waals surface area contributed by atoms with Gasteiger partial charge in [0.25, 0.3) is 0 Å². The Hall–Kier alpha value is -2.97. The second-order valence-corrected chi connectivity index (χ2v) is 5.19. The molecule has 0 fully saturated rings. The molecule has 0 aliphatic rings. The first-order valence-corrected chi connectivity index (χ1v) is 7.81. The molecule has 0 saturated carbocycles. The molecule has 2 aromatic rings. The molecule has 9 heteroatoms. The molecule has 0 bridgehead atoms. The lowest BCUT2D eigenvalue weighted by atomic mass is 10.3. The summed E-state index contributed by atoms with van der Waals surface area (Å²) in [5.41, 5.74) is 0.985. The van der Waals surface area contributed by atoms with Crippen molar-refractivity contribution >= 4 is 23.5 Å². The summed E-state index contributed by atoms with van der Waals surface area (Å²) in [6.45, 7) is 5.28. The van der Waals surface area contributed by atoms with Gasteiger partial charge in [-0.25, -0.2) is 18.6 Å². The number of carbonyl (C=O) groups is 1. The van der Waals surface area contributed by atoms with E-state index in [9.17, 15) is 13.6 Å². The molecular weight excluding hydrogens is 330 g/mol. The van der Waals surface area contributed by atoms with Gasteiger partial charge in [0, 0.05) is 43.1 Å². The van der Waals surface area contributed by atoms with Crippen molar-refractivity contribution in [2.75, 3.05) is 35.6 Å². The van der Waals surface area contributed by atoms with Gasteiger partial charge in [-0.1, -0.05) is 0 Å². The molecule has 1 heterocycles. The summed E-state index contributed by atoms with van der Waals surface area (Å²) in [5, 5.41) is 11.1. The maximum absolute atomic E-state index is 13.1. The number of benzene rings is 1. The molecule has 7 nitrogen and oxygen atoms in total. The number of amides is 2. The van der Waals surface area contributed by atoms with Crippen LogP contribution in [0.3, 0.4) is 0 Å². The highest BCUT2D eigenvalue weighted by Gasteiger charge is 2.06. The number of hydrogen-bond donors (Lipinski definition) is 4. The van der Waals surface area contributed by atoms with Gasteiger partial charge < -0.3 is 21.3 Å². The lowest BCUT2D eigenvalue weighted by Gasteiger charge is -2.10. The number of halogens is 2. The largest absolute Gasteiger partial charge is 0.370 e. The molecule has 134 valence electrons. The standard InChI is InChI=1S/C16H20F2N6O/c1-3-19-14-8-10(2)22-15(24-14)20-6-7-21-16(25)23-11-4-5-12(17)13(18)9-11/h4-5,8-9H,3,6-7H2,1-2H3,(H2,21,23,25)(H2,19,20,22,24). The molecule has 2 rings (SSSR count). The summed E-state index contributed by atoms with van der Waals surface area (Å²) >= 11 is 0. The van der Waals surface area contributed by atoms with Crippen LogP contribution < -0.4 is 21.3 Å². The molecule has 0 spiro atoms. The van der Waals surface area contributed by atoms with E-state index in [0.29, 0.717) is 19.0 Å². The van der Waals surface area contributed by atoms with Crippen LogP contribution in [0.1, 0.15) is 12.6 Å². The van der Waals surface area contributed by atoms with Crippen LogP contribution in [0.2, 0.25) is 0 Å². The Labute approximate surface area is 144 Å². The third-order valence-corrected chi connectivity index (χ3v) is 3.08. The zero-order chi connectivity index (χ0) is 18.2. The Kier molecular flexibility index (Phi) is 6.44. The number of nitrogens with one attached hydrogen (secondary N) is 4. The molecule has 1 aromatic heterocycles. The smallest absolute Gasteiger partial charge is 0.319 e. The van der Waals surface area contributed by atoms with E-state index in [1.54, 1.807) is 0 Å². The molecule has 0 aliphatic carbocycles. The fourth-order valence-electron chi connectivity index (χ4n) is 2.02. The highest BCUT2D eigenvalue weighted by molar-refractivity contribution is 5.89. The summed E-state index contributed by atoms with van der Waals surface area (Å²) in [7, 11) is 0. The SMILES string of the molecule is CCNc1cc(C)nc(NCCNC(=O)Nc2ccc(F)c(F)c2)n1. The summed E-state index contributed by atoms with van der Waals surface area (Å²) in [6.07, 6.45) is 0. The predicted octanol–water partition coefficient (Wildman–Crippen LogP) is 2.73. The van der Waals surface area contributed by atoms with Crippen LogP contribution in [0.5, 0.6) is 0 Å². The number of nitrogens with zero attached hydrogens (tertiary/aromatic N) is 2. The lowest BCUT2D eigenvalue weighted by molar-refractivity contribution is 0.252. The minimum absolute atomic E-state index is 0.168. The average molecular weight is 350 g/mol. The van der Waals surface area contributed by atoms with Crippen molar-refractivity contribution in [2.24, 2.45) is 0 Å². The van der Waals surface area contributed by atoms with Gasteiger partial charge in [-0.2, -0.15) is 4.98 Å². The Balaban J connectivity index is 1.77. The third kappa shape index (κ3) is 5.87. The number of urea groups is 1. The molecule has 1 aromatic carbocycles.